The molecule has 1 aliphatic carbocycles. The molecule has 3 nitrogen and oxygen atoms in total. The molecule has 0 N–H and O–H groups in total. The maximum atomic E-state index is 13.5. The first kappa shape index (κ1) is 15.9. The first-order valence-corrected chi connectivity index (χ1v) is 8.44. The fourth-order valence-electron chi connectivity index (χ4n) is 3.69. The number of methoxy groups -OCH3 is 1. The lowest BCUT2D eigenvalue weighted by Gasteiger charge is -2.35. The lowest BCUT2D eigenvalue weighted by Crippen LogP contribution is -2.42. The minimum absolute atomic E-state index is 0.0127. The zero-order chi connectivity index (χ0) is 17.6. The summed E-state index contributed by atoms with van der Waals surface area (Å²) in [7, 11) is 1.64. The molecule has 2 aliphatic rings. The van der Waals surface area contributed by atoms with Crippen LogP contribution in [0.15, 0.2) is 49.0 Å². The van der Waals surface area contributed by atoms with Gasteiger partial charge in [-0.2, -0.15) is 0 Å². The molecule has 2 aromatic rings. The van der Waals surface area contributed by atoms with Gasteiger partial charge in [0.25, 0.3) is 5.91 Å². The van der Waals surface area contributed by atoms with Crippen molar-refractivity contribution in [2.45, 2.75) is 24.8 Å². The number of hydrogen-bond donors (Lipinski definition) is 0. The van der Waals surface area contributed by atoms with Crippen molar-refractivity contribution in [3.05, 3.63) is 71.3 Å². The lowest BCUT2D eigenvalue weighted by molar-refractivity contribution is 0.0698. The van der Waals surface area contributed by atoms with Gasteiger partial charge >= 0.3 is 0 Å². The van der Waals surface area contributed by atoms with E-state index in [1.807, 2.05) is 35.2 Å². The number of halogens is 1. The van der Waals surface area contributed by atoms with Gasteiger partial charge in [-0.15, -0.1) is 0 Å². The first-order valence-electron chi connectivity index (χ1n) is 8.44. The third kappa shape index (κ3) is 2.72. The predicted molar refractivity (Wildman–Crippen MR) is 95.2 cm³/mol. The summed E-state index contributed by atoms with van der Waals surface area (Å²) in [6.07, 6.45) is 2.07. The monoisotopic (exact) mass is 337 g/mol. The average Bonchev–Trinajstić information content (AvgIpc) is 3.40. The van der Waals surface area contributed by atoms with E-state index in [1.165, 1.54) is 0 Å². The first-order chi connectivity index (χ1) is 12.0. The van der Waals surface area contributed by atoms with Gasteiger partial charge in [0.1, 0.15) is 11.6 Å². The van der Waals surface area contributed by atoms with Gasteiger partial charge in [-0.25, -0.2) is 4.39 Å². The highest BCUT2D eigenvalue weighted by Crippen LogP contribution is 2.53. The zero-order valence-corrected chi connectivity index (χ0v) is 14.2. The van der Waals surface area contributed by atoms with Crippen molar-refractivity contribution in [2.75, 3.05) is 13.7 Å². The van der Waals surface area contributed by atoms with E-state index >= 15 is 0 Å². The van der Waals surface area contributed by atoms with Crippen molar-refractivity contribution in [3.8, 4) is 5.75 Å². The number of nitrogens with zero attached hydrogens (tertiary/aromatic N) is 1. The maximum Gasteiger partial charge on any atom is 0.254 e. The Hall–Kier alpha value is -2.62. The van der Waals surface area contributed by atoms with Gasteiger partial charge in [0.2, 0.25) is 0 Å². The molecule has 0 unspecified atom stereocenters. The summed E-state index contributed by atoms with van der Waals surface area (Å²) < 4.78 is 18.7. The third-order valence-electron chi connectivity index (χ3n) is 5.30. The Balaban J connectivity index is 1.64. The second-order valence-corrected chi connectivity index (χ2v) is 6.95. The van der Waals surface area contributed by atoms with Crippen molar-refractivity contribution in [1.29, 1.82) is 0 Å². The molecule has 1 saturated carbocycles. The molecule has 4 heteroatoms. The summed E-state index contributed by atoms with van der Waals surface area (Å²) in [5, 5.41) is 0. The highest BCUT2D eigenvalue weighted by atomic mass is 19.1. The molecule has 1 spiro atoms. The van der Waals surface area contributed by atoms with Gasteiger partial charge in [-0.1, -0.05) is 24.8 Å². The number of fused-ring (bicyclic) bond motifs is 2. The van der Waals surface area contributed by atoms with E-state index in [0.717, 1.165) is 29.7 Å². The van der Waals surface area contributed by atoms with Crippen LogP contribution in [0.25, 0.3) is 5.83 Å². The fraction of sp³-hybridized carbons (Fsp3) is 0.286. The number of carbonyl (C=O) groups excluding carboxylic acids is 1. The summed E-state index contributed by atoms with van der Waals surface area (Å²) >= 11 is 0. The summed E-state index contributed by atoms with van der Waals surface area (Å²) in [5.74, 6) is 0.364. The molecule has 1 heterocycles. The van der Waals surface area contributed by atoms with Crippen molar-refractivity contribution < 1.29 is 13.9 Å². The Morgan fingerprint density at radius 1 is 1.24 bits per heavy atom. The summed E-state index contributed by atoms with van der Waals surface area (Å²) in [5.41, 5.74) is 3.21. The fourth-order valence-corrected chi connectivity index (χ4v) is 3.69. The van der Waals surface area contributed by atoms with E-state index in [-0.39, 0.29) is 11.3 Å². The van der Waals surface area contributed by atoms with Gasteiger partial charge < -0.3 is 9.64 Å². The van der Waals surface area contributed by atoms with Crippen LogP contribution in [0.5, 0.6) is 5.75 Å². The third-order valence-corrected chi connectivity index (χ3v) is 5.30. The summed E-state index contributed by atoms with van der Waals surface area (Å²) in [6, 6.07) is 13.0. The van der Waals surface area contributed by atoms with E-state index in [9.17, 15) is 9.18 Å². The van der Waals surface area contributed by atoms with Crippen LogP contribution in [-0.4, -0.2) is 24.5 Å². The Kier molecular flexibility index (Phi) is 3.64. The Morgan fingerprint density at radius 2 is 1.96 bits per heavy atom. The van der Waals surface area contributed by atoms with Crippen molar-refractivity contribution in [1.82, 2.24) is 4.90 Å². The van der Waals surface area contributed by atoms with E-state index in [0.29, 0.717) is 24.2 Å². The van der Waals surface area contributed by atoms with Gasteiger partial charge in [0.15, 0.2) is 0 Å². The van der Waals surface area contributed by atoms with E-state index in [1.54, 1.807) is 19.2 Å². The highest BCUT2D eigenvalue weighted by Gasteiger charge is 2.51. The van der Waals surface area contributed by atoms with Crippen molar-refractivity contribution >= 4 is 11.7 Å². The number of carbonyl (C=O) groups is 1. The topological polar surface area (TPSA) is 29.5 Å². The molecule has 1 aliphatic heterocycles. The molecule has 2 aromatic carbocycles. The molecule has 1 amide bonds. The number of rotatable bonds is 4. The predicted octanol–water partition coefficient (Wildman–Crippen LogP) is 4.32. The van der Waals surface area contributed by atoms with Gasteiger partial charge in [0.05, 0.1) is 7.11 Å². The number of hydrogen-bond acceptors (Lipinski definition) is 2. The summed E-state index contributed by atoms with van der Waals surface area (Å²) in [4.78, 5) is 14.8. The number of benzene rings is 2. The SMILES string of the molecule is C=C(F)c1ccc2c(c1)C1(CC1)CN(Cc1ccc(OC)cc1)C2=O. The zero-order valence-electron chi connectivity index (χ0n) is 14.2. The van der Waals surface area contributed by atoms with Gasteiger partial charge in [-0.3, -0.25) is 4.79 Å². The Morgan fingerprint density at radius 3 is 2.56 bits per heavy atom. The molecule has 25 heavy (non-hydrogen) atoms. The Bertz CT molecular complexity index is 853. The second-order valence-electron chi connectivity index (χ2n) is 6.95. The quantitative estimate of drug-likeness (QED) is 0.831. The summed E-state index contributed by atoms with van der Waals surface area (Å²) in [6.45, 7) is 4.63. The van der Waals surface area contributed by atoms with Gasteiger partial charge in [-0.05, 0) is 48.2 Å². The van der Waals surface area contributed by atoms with Crippen LogP contribution in [0, 0.1) is 0 Å². The number of ether oxygens (including phenoxy) is 1. The van der Waals surface area contributed by atoms with Crippen LogP contribution in [0.3, 0.4) is 0 Å². The molecule has 0 saturated heterocycles. The molecular formula is C21H20FNO2. The van der Waals surface area contributed by atoms with Crippen LogP contribution in [0.2, 0.25) is 0 Å². The van der Waals surface area contributed by atoms with E-state index in [4.69, 9.17) is 4.74 Å². The second kappa shape index (κ2) is 5.73. The van der Waals surface area contributed by atoms with Crippen LogP contribution >= 0.6 is 0 Å². The molecule has 0 aromatic heterocycles. The minimum atomic E-state index is -0.452. The van der Waals surface area contributed by atoms with Crippen molar-refractivity contribution in [2.24, 2.45) is 0 Å². The minimum Gasteiger partial charge on any atom is -0.497 e. The normalized spacial score (nSPS) is 17.4. The lowest BCUT2D eigenvalue weighted by atomic mass is 9.85. The molecule has 0 radical (unpaired) electrons. The van der Waals surface area contributed by atoms with Crippen LogP contribution in [-0.2, 0) is 12.0 Å². The molecule has 128 valence electrons. The van der Waals surface area contributed by atoms with Crippen LogP contribution in [0.1, 0.15) is 39.9 Å². The van der Waals surface area contributed by atoms with Crippen LogP contribution < -0.4 is 4.74 Å². The van der Waals surface area contributed by atoms with E-state index < -0.39 is 5.83 Å². The molecule has 4 rings (SSSR count). The standard InChI is InChI=1S/C21H20FNO2/c1-14(22)16-5-8-18-19(11-16)21(9-10-21)13-23(20(18)24)12-15-3-6-17(25-2)7-4-15/h3-8,11H,1,9-10,12-13H2,2H3. The van der Waals surface area contributed by atoms with Gasteiger partial charge in [0, 0.05) is 29.6 Å². The van der Waals surface area contributed by atoms with Crippen molar-refractivity contribution in [3.63, 3.8) is 0 Å². The highest BCUT2D eigenvalue weighted by molar-refractivity contribution is 5.98. The smallest absolute Gasteiger partial charge is 0.254 e. The maximum absolute atomic E-state index is 13.5. The molecule has 0 atom stereocenters. The van der Waals surface area contributed by atoms with Crippen LogP contribution in [0.4, 0.5) is 4.39 Å². The molecule has 0 bridgehead atoms. The number of amides is 1. The Labute approximate surface area is 146 Å². The van der Waals surface area contributed by atoms with E-state index in [2.05, 4.69) is 6.58 Å². The average molecular weight is 337 g/mol. The largest absolute Gasteiger partial charge is 0.497 e. The molecular weight excluding hydrogens is 317 g/mol. The molecule has 1 fully saturated rings.